The average molecular weight is 268 g/mol. The zero-order chi connectivity index (χ0) is 13.3. The highest BCUT2D eigenvalue weighted by Gasteiger charge is 2.33. The Morgan fingerprint density at radius 1 is 1.50 bits per heavy atom. The molecule has 0 bridgehead atoms. The van der Waals surface area contributed by atoms with Gasteiger partial charge in [-0.3, -0.25) is 0 Å². The largest absolute Gasteiger partial charge is 0.372 e. The van der Waals surface area contributed by atoms with Crippen LogP contribution in [0.1, 0.15) is 44.6 Å². The first-order valence-electron chi connectivity index (χ1n) is 6.65. The van der Waals surface area contributed by atoms with Crippen LogP contribution in [0, 0.1) is 11.8 Å². The van der Waals surface area contributed by atoms with Crippen LogP contribution in [0.4, 0.5) is 5.69 Å². The molecule has 1 aliphatic carbocycles. The van der Waals surface area contributed by atoms with Crippen LogP contribution in [0.25, 0.3) is 0 Å². The summed E-state index contributed by atoms with van der Waals surface area (Å²) >= 11 is 6.02. The quantitative estimate of drug-likeness (QED) is 0.766. The van der Waals surface area contributed by atoms with E-state index in [9.17, 15) is 0 Å². The predicted octanol–water partition coefficient (Wildman–Crippen LogP) is 3.43. The molecule has 1 aromatic rings. The van der Waals surface area contributed by atoms with Gasteiger partial charge in [0.25, 0.3) is 0 Å². The highest BCUT2D eigenvalue weighted by Crippen LogP contribution is 2.39. The maximum absolute atomic E-state index is 6.02. The van der Waals surface area contributed by atoms with Crippen LogP contribution in [0.3, 0.4) is 0 Å². The molecular formula is C14H22ClN3. The summed E-state index contributed by atoms with van der Waals surface area (Å²) < 4.78 is 0. The first-order chi connectivity index (χ1) is 8.52. The van der Waals surface area contributed by atoms with Crippen LogP contribution >= 0.6 is 11.6 Å². The number of nitrogens with zero attached hydrogens (tertiary/aromatic N) is 3. The molecule has 0 aromatic carbocycles. The zero-order valence-corrected chi connectivity index (χ0v) is 12.4. The Morgan fingerprint density at radius 3 is 2.67 bits per heavy atom. The third kappa shape index (κ3) is 2.94. The van der Waals surface area contributed by atoms with Crippen LogP contribution in [0.15, 0.2) is 6.20 Å². The lowest BCUT2D eigenvalue weighted by atomic mass is 10.2. The molecule has 0 N–H and O–H groups in total. The molecule has 4 heteroatoms. The first-order valence-corrected chi connectivity index (χ1v) is 7.19. The minimum atomic E-state index is 0.342. The van der Waals surface area contributed by atoms with E-state index in [-0.39, 0.29) is 0 Å². The fourth-order valence-electron chi connectivity index (χ4n) is 2.23. The van der Waals surface area contributed by atoms with Gasteiger partial charge >= 0.3 is 0 Å². The van der Waals surface area contributed by atoms with Crippen LogP contribution in [0.2, 0.25) is 0 Å². The molecule has 2 atom stereocenters. The predicted molar refractivity (Wildman–Crippen MR) is 76.2 cm³/mol. The Morgan fingerprint density at radius 2 is 2.17 bits per heavy atom. The molecule has 1 aromatic heterocycles. The Balaban J connectivity index is 2.15. The first kappa shape index (κ1) is 13.6. The maximum atomic E-state index is 6.02. The molecule has 0 spiro atoms. The summed E-state index contributed by atoms with van der Waals surface area (Å²) in [7, 11) is 2.11. The molecule has 100 valence electrons. The highest BCUT2D eigenvalue weighted by atomic mass is 35.5. The standard InChI is InChI=1S/C14H22ClN3/c1-9(2)14-16-7-13(12(6-15)17-14)18(4)8-11-5-10(11)3/h7,9-11H,5-6,8H2,1-4H3. The molecule has 1 aliphatic rings. The summed E-state index contributed by atoms with van der Waals surface area (Å²) in [6.45, 7) is 7.58. The highest BCUT2D eigenvalue weighted by molar-refractivity contribution is 6.17. The van der Waals surface area contributed by atoms with Crippen molar-refractivity contribution in [1.82, 2.24) is 9.97 Å². The number of alkyl halides is 1. The molecule has 2 unspecified atom stereocenters. The number of rotatable bonds is 5. The number of aromatic nitrogens is 2. The van der Waals surface area contributed by atoms with E-state index >= 15 is 0 Å². The van der Waals surface area contributed by atoms with Gasteiger partial charge in [-0.15, -0.1) is 11.6 Å². The van der Waals surface area contributed by atoms with Crippen molar-refractivity contribution >= 4 is 17.3 Å². The number of hydrogen-bond acceptors (Lipinski definition) is 3. The van der Waals surface area contributed by atoms with E-state index in [1.807, 2.05) is 6.20 Å². The molecule has 0 amide bonds. The number of hydrogen-bond donors (Lipinski definition) is 0. The van der Waals surface area contributed by atoms with Gasteiger partial charge in [0, 0.05) is 19.5 Å². The molecule has 0 saturated heterocycles. The SMILES string of the molecule is CC(C)c1ncc(N(C)CC2CC2C)c(CCl)n1. The van der Waals surface area contributed by atoms with Crippen molar-refractivity contribution in [2.75, 3.05) is 18.5 Å². The molecule has 1 fully saturated rings. The van der Waals surface area contributed by atoms with Gasteiger partial charge in [0.15, 0.2) is 0 Å². The molecule has 3 nitrogen and oxygen atoms in total. The van der Waals surface area contributed by atoms with Gasteiger partial charge in [-0.05, 0) is 18.3 Å². The summed E-state index contributed by atoms with van der Waals surface area (Å²) in [5, 5.41) is 0. The number of halogens is 1. The second-order valence-corrected chi connectivity index (χ2v) is 5.97. The lowest BCUT2D eigenvalue weighted by Crippen LogP contribution is -2.23. The summed E-state index contributed by atoms with van der Waals surface area (Å²) in [4.78, 5) is 11.3. The van der Waals surface area contributed by atoms with Crippen LogP contribution in [0.5, 0.6) is 0 Å². The van der Waals surface area contributed by atoms with Gasteiger partial charge in [-0.2, -0.15) is 0 Å². The fourth-order valence-corrected chi connectivity index (χ4v) is 2.42. The van der Waals surface area contributed by atoms with Crippen molar-refractivity contribution < 1.29 is 0 Å². The Labute approximate surface area is 115 Å². The van der Waals surface area contributed by atoms with E-state index in [4.69, 9.17) is 11.6 Å². The summed E-state index contributed by atoms with van der Waals surface area (Å²) in [6.07, 6.45) is 3.26. The van der Waals surface area contributed by atoms with E-state index in [0.717, 1.165) is 35.6 Å². The summed E-state index contributed by atoms with van der Waals surface area (Å²) in [5.41, 5.74) is 2.03. The normalized spacial score (nSPS) is 22.3. The molecule has 18 heavy (non-hydrogen) atoms. The van der Waals surface area contributed by atoms with Crippen molar-refractivity contribution in [2.45, 2.75) is 39.0 Å². The van der Waals surface area contributed by atoms with Gasteiger partial charge in [-0.1, -0.05) is 20.8 Å². The minimum Gasteiger partial charge on any atom is -0.372 e. The maximum Gasteiger partial charge on any atom is 0.131 e. The van der Waals surface area contributed by atoms with E-state index in [1.165, 1.54) is 6.42 Å². The molecule has 1 saturated carbocycles. The van der Waals surface area contributed by atoms with Crippen molar-refractivity contribution in [2.24, 2.45) is 11.8 Å². The van der Waals surface area contributed by atoms with E-state index in [1.54, 1.807) is 0 Å². The van der Waals surface area contributed by atoms with E-state index in [2.05, 4.69) is 42.7 Å². The second-order valence-electron chi connectivity index (χ2n) is 5.70. The van der Waals surface area contributed by atoms with Gasteiger partial charge in [0.1, 0.15) is 5.82 Å². The van der Waals surface area contributed by atoms with Crippen LogP contribution in [-0.4, -0.2) is 23.6 Å². The van der Waals surface area contributed by atoms with Gasteiger partial charge < -0.3 is 4.90 Å². The summed E-state index contributed by atoms with van der Waals surface area (Å²) in [5.74, 6) is 3.35. The van der Waals surface area contributed by atoms with Crippen molar-refractivity contribution in [3.63, 3.8) is 0 Å². The van der Waals surface area contributed by atoms with Crippen molar-refractivity contribution in [1.29, 1.82) is 0 Å². The van der Waals surface area contributed by atoms with Crippen LogP contribution < -0.4 is 4.90 Å². The monoisotopic (exact) mass is 267 g/mol. The van der Waals surface area contributed by atoms with E-state index < -0.39 is 0 Å². The van der Waals surface area contributed by atoms with Gasteiger partial charge in [-0.25, -0.2) is 9.97 Å². The van der Waals surface area contributed by atoms with Crippen molar-refractivity contribution in [3.8, 4) is 0 Å². The third-order valence-corrected chi connectivity index (χ3v) is 3.96. The molecular weight excluding hydrogens is 246 g/mol. The Bertz CT molecular complexity index is 420. The number of anilines is 1. The molecule has 2 rings (SSSR count). The average Bonchev–Trinajstić information content (AvgIpc) is 3.03. The van der Waals surface area contributed by atoms with Crippen LogP contribution in [-0.2, 0) is 5.88 Å². The van der Waals surface area contributed by atoms with Crippen molar-refractivity contribution in [3.05, 3.63) is 17.7 Å². The smallest absolute Gasteiger partial charge is 0.131 e. The third-order valence-electron chi connectivity index (χ3n) is 3.70. The fraction of sp³-hybridized carbons (Fsp3) is 0.714. The minimum absolute atomic E-state index is 0.342. The molecule has 0 radical (unpaired) electrons. The van der Waals surface area contributed by atoms with E-state index in [0.29, 0.717) is 11.8 Å². The molecule has 1 heterocycles. The van der Waals surface area contributed by atoms with Gasteiger partial charge in [0.2, 0.25) is 0 Å². The molecule has 0 aliphatic heterocycles. The van der Waals surface area contributed by atoms with Gasteiger partial charge in [0.05, 0.1) is 23.5 Å². The topological polar surface area (TPSA) is 29.0 Å². The lowest BCUT2D eigenvalue weighted by molar-refractivity contribution is 0.713. The second kappa shape index (κ2) is 5.43. The Hall–Kier alpha value is -0.830. The summed E-state index contributed by atoms with van der Waals surface area (Å²) in [6, 6.07) is 0. The lowest BCUT2D eigenvalue weighted by Gasteiger charge is -2.21. The zero-order valence-electron chi connectivity index (χ0n) is 11.7. The Kier molecular flexibility index (Phi) is 4.10.